The molecule has 0 saturated carbocycles. The lowest BCUT2D eigenvalue weighted by Crippen LogP contribution is -2.36. The Morgan fingerprint density at radius 1 is 1.30 bits per heavy atom. The molecule has 2 heterocycles. The molecule has 1 aliphatic rings. The molecule has 0 aliphatic carbocycles. The second kappa shape index (κ2) is 6.24. The minimum atomic E-state index is 0.189. The molecule has 0 radical (unpaired) electrons. The number of likely N-dealkylation sites (tertiary alicyclic amines) is 1. The fourth-order valence-corrected chi connectivity index (χ4v) is 3.51. The van der Waals surface area contributed by atoms with E-state index in [0.717, 1.165) is 29.7 Å². The molecule has 124 valence electrons. The highest BCUT2D eigenvalue weighted by molar-refractivity contribution is 5.84. The van der Waals surface area contributed by atoms with Gasteiger partial charge in [-0.15, -0.1) is 0 Å². The molecule has 1 fully saturated rings. The number of fused-ring (bicyclic) bond motifs is 1. The average molecular weight is 315 g/mol. The second-order valence-electron chi connectivity index (χ2n) is 6.68. The zero-order valence-electron chi connectivity index (χ0n) is 14.3. The van der Waals surface area contributed by atoms with Gasteiger partial charge >= 0.3 is 0 Å². The Hall–Kier alpha value is -2.01. The van der Waals surface area contributed by atoms with Gasteiger partial charge in [-0.25, -0.2) is 0 Å². The summed E-state index contributed by atoms with van der Waals surface area (Å²) in [6, 6.07) is 8.42. The third-order valence-corrected chi connectivity index (χ3v) is 4.87. The zero-order chi connectivity index (χ0) is 16.6. The molecule has 2 atom stereocenters. The lowest BCUT2D eigenvalue weighted by atomic mass is 10.1. The minimum Gasteiger partial charge on any atom is -0.497 e. The van der Waals surface area contributed by atoms with Crippen molar-refractivity contribution in [2.75, 3.05) is 34.3 Å². The van der Waals surface area contributed by atoms with Gasteiger partial charge < -0.3 is 19.1 Å². The van der Waals surface area contributed by atoms with Gasteiger partial charge in [0.15, 0.2) is 0 Å². The monoisotopic (exact) mass is 315 g/mol. The van der Waals surface area contributed by atoms with Crippen molar-refractivity contribution in [3.05, 3.63) is 30.5 Å². The van der Waals surface area contributed by atoms with Crippen molar-refractivity contribution in [2.45, 2.75) is 19.5 Å². The van der Waals surface area contributed by atoms with Crippen LogP contribution >= 0.6 is 0 Å². The Labute approximate surface area is 137 Å². The van der Waals surface area contributed by atoms with Crippen molar-refractivity contribution < 1.29 is 9.53 Å². The first kappa shape index (κ1) is 15.9. The number of methoxy groups -OCH3 is 1. The highest BCUT2D eigenvalue weighted by Crippen LogP contribution is 2.23. The van der Waals surface area contributed by atoms with Gasteiger partial charge in [0, 0.05) is 36.2 Å². The maximum atomic E-state index is 12.7. The molecule has 23 heavy (non-hydrogen) atoms. The molecular formula is C18H25N3O2. The minimum absolute atomic E-state index is 0.189. The highest BCUT2D eigenvalue weighted by Gasteiger charge is 2.33. The van der Waals surface area contributed by atoms with Gasteiger partial charge in [0.05, 0.1) is 7.11 Å². The number of nitrogens with zero attached hydrogens (tertiary/aromatic N) is 3. The predicted molar refractivity (Wildman–Crippen MR) is 91.7 cm³/mol. The summed E-state index contributed by atoms with van der Waals surface area (Å²) in [4.78, 5) is 16.9. The van der Waals surface area contributed by atoms with Gasteiger partial charge in [0.2, 0.25) is 5.91 Å². The molecule has 1 saturated heterocycles. The molecule has 3 rings (SSSR count). The summed E-state index contributed by atoms with van der Waals surface area (Å²) in [5, 5.41) is 1.10. The van der Waals surface area contributed by atoms with Gasteiger partial charge in [0.25, 0.3) is 0 Å². The second-order valence-corrected chi connectivity index (χ2v) is 6.68. The Morgan fingerprint density at radius 2 is 2.09 bits per heavy atom. The molecule has 0 spiro atoms. The first-order valence-corrected chi connectivity index (χ1v) is 8.06. The fraction of sp³-hybridized carbons (Fsp3) is 0.500. The molecule has 1 aromatic heterocycles. The molecule has 2 aromatic rings. The van der Waals surface area contributed by atoms with E-state index in [2.05, 4.69) is 25.9 Å². The molecule has 1 aromatic carbocycles. The van der Waals surface area contributed by atoms with Gasteiger partial charge in [-0.1, -0.05) is 6.92 Å². The van der Waals surface area contributed by atoms with E-state index in [9.17, 15) is 4.79 Å². The van der Waals surface area contributed by atoms with Crippen LogP contribution in [0.3, 0.4) is 0 Å². The van der Waals surface area contributed by atoms with Crippen LogP contribution in [0.1, 0.15) is 6.92 Å². The molecule has 1 amide bonds. The number of hydrogen-bond acceptors (Lipinski definition) is 3. The van der Waals surface area contributed by atoms with E-state index >= 15 is 0 Å². The number of hydrogen-bond donors (Lipinski definition) is 0. The van der Waals surface area contributed by atoms with Crippen LogP contribution in [-0.2, 0) is 11.3 Å². The van der Waals surface area contributed by atoms with Gasteiger partial charge in [0.1, 0.15) is 12.3 Å². The number of benzene rings is 1. The molecule has 0 bridgehead atoms. The molecule has 5 nitrogen and oxygen atoms in total. The summed E-state index contributed by atoms with van der Waals surface area (Å²) in [6.45, 7) is 4.27. The van der Waals surface area contributed by atoms with Crippen LogP contribution in [0.15, 0.2) is 30.5 Å². The lowest BCUT2D eigenvalue weighted by molar-refractivity contribution is -0.130. The number of likely N-dealkylation sites (N-methyl/N-ethyl adjacent to an activating group) is 1. The maximum Gasteiger partial charge on any atom is 0.242 e. The van der Waals surface area contributed by atoms with E-state index in [1.807, 2.05) is 39.9 Å². The highest BCUT2D eigenvalue weighted by atomic mass is 16.5. The van der Waals surface area contributed by atoms with Crippen LogP contribution in [0.5, 0.6) is 5.75 Å². The summed E-state index contributed by atoms with van der Waals surface area (Å²) in [6.07, 6.45) is 1.98. The Kier molecular flexibility index (Phi) is 4.31. The molecular weight excluding hydrogens is 290 g/mol. The number of rotatable bonds is 4. The smallest absolute Gasteiger partial charge is 0.242 e. The van der Waals surface area contributed by atoms with Crippen molar-refractivity contribution >= 4 is 16.8 Å². The average Bonchev–Trinajstić information content (AvgIpc) is 3.10. The normalized spacial score (nSPS) is 21.3. The van der Waals surface area contributed by atoms with E-state index in [1.54, 1.807) is 7.11 Å². The summed E-state index contributed by atoms with van der Waals surface area (Å²) >= 11 is 0. The third-order valence-electron chi connectivity index (χ3n) is 4.87. The van der Waals surface area contributed by atoms with Crippen LogP contribution in [0.25, 0.3) is 10.9 Å². The fourth-order valence-electron chi connectivity index (χ4n) is 3.51. The summed E-state index contributed by atoms with van der Waals surface area (Å²) < 4.78 is 7.27. The SMILES string of the molecule is COc1ccc2c(ccn2CC(=O)N2C[C@@H](C)[C@@H](N(C)C)C2)c1. The van der Waals surface area contributed by atoms with Crippen molar-refractivity contribution in [3.8, 4) is 5.75 Å². The van der Waals surface area contributed by atoms with E-state index in [-0.39, 0.29) is 5.91 Å². The topological polar surface area (TPSA) is 37.7 Å². The molecule has 5 heteroatoms. The molecule has 1 aliphatic heterocycles. The number of carbonyl (C=O) groups excluding carboxylic acids is 1. The number of aromatic nitrogens is 1. The Balaban J connectivity index is 1.74. The Morgan fingerprint density at radius 3 is 2.74 bits per heavy atom. The summed E-state index contributed by atoms with van der Waals surface area (Å²) in [5.74, 6) is 1.54. The largest absolute Gasteiger partial charge is 0.497 e. The van der Waals surface area contributed by atoms with E-state index in [1.165, 1.54) is 0 Å². The Bertz CT molecular complexity index is 707. The van der Waals surface area contributed by atoms with Crippen molar-refractivity contribution in [1.82, 2.24) is 14.4 Å². The molecule has 0 unspecified atom stereocenters. The lowest BCUT2D eigenvalue weighted by Gasteiger charge is -2.22. The molecule has 0 N–H and O–H groups in total. The van der Waals surface area contributed by atoms with Crippen LogP contribution in [0.2, 0.25) is 0 Å². The first-order valence-electron chi connectivity index (χ1n) is 8.06. The standard InChI is InChI=1S/C18H25N3O2/c1-13-10-21(11-17(13)19(2)3)18(22)12-20-8-7-14-9-15(23-4)5-6-16(14)20/h5-9,13,17H,10-12H2,1-4H3/t13-,17+/m1/s1. The van der Waals surface area contributed by atoms with E-state index in [4.69, 9.17) is 4.74 Å². The number of ether oxygens (including phenoxy) is 1. The van der Waals surface area contributed by atoms with Crippen molar-refractivity contribution in [1.29, 1.82) is 0 Å². The van der Waals surface area contributed by atoms with Gasteiger partial charge in [-0.2, -0.15) is 0 Å². The number of amides is 1. The van der Waals surface area contributed by atoms with Crippen molar-refractivity contribution in [3.63, 3.8) is 0 Å². The van der Waals surface area contributed by atoms with Crippen LogP contribution < -0.4 is 4.74 Å². The van der Waals surface area contributed by atoms with Crippen LogP contribution in [0.4, 0.5) is 0 Å². The van der Waals surface area contributed by atoms with Crippen molar-refractivity contribution in [2.24, 2.45) is 5.92 Å². The van der Waals surface area contributed by atoms with Gasteiger partial charge in [-0.3, -0.25) is 4.79 Å². The first-order chi connectivity index (χ1) is 11.0. The quantitative estimate of drug-likeness (QED) is 0.867. The van der Waals surface area contributed by atoms with E-state index < -0.39 is 0 Å². The van der Waals surface area contributed by atoms with Gasteiger partial charge in [-0.05, 0) is 44.3 Å². The predicted octanol–water partition coefficient (Wildman–Crippen LogP) is 2.06. The van der Waals surface area contributed by atoms with E-state index in [0.29, 0.717) is 18.5 Å². The zero-order valence-corrected chi connectivity index (χ0v) is 14.3. The third kappa shape index (κ3) is 3.06. The number of carbonyl (C=O) groups is 1. The van der Waals surface area contributed by atoms with Crippen LogP contribution in [-0.4, -0.2) is 60.6 Å². The summed E-state index contributed by atoms with van der Waals surface area (Å²) in [7, 11) is 5.83. The van der Waals surface area contributed by atoms with Crippen LogP contribution in [0, 0.1) is 5.92 Å². The maximum absolute atomic E-state index is 12.7. The summed E-state index contributed by atoms with van der Waals surface area (Å²) in [5.41, 5.74) is 1.07.